The smallest absolute Gasteiger partial charge is 0.416 e. The molecule has 3 N–H and O–H groups in total. The molecule has 1 unspecified atom stereocenters. The molecule has 0 aliphatic carbocycles. The van der Waals surface area contributed by atoms with Gasteiger partial charge in [-0.25, -0.2) is 9.78 Å². The maximum Gasteiger partial charge on any atom is 0.416 e. The number of nitrogens with one attached hydrogen (secondary N) is 2. The van der Waals surface area contributed by atoms with Gasteiger partial charge in [-0.1, -0.05) is 18.2 Å². The second kappa shape index (κ2) is 10.3. The Morgan fingerprint density at radius 3 is 2.76 bits per heavy atom. The van der Waals surface area contributed by atoms with E-state index < -0.39 is 17.8 Å². The number of aromatic nitrogens is 3. The van der Waals surface area contributed by atoms with Gasteiger partial charge in [0.25, 0.3) is 0 Å². The molecule has 38 heavy (non-hydrogen) atoms. The molecule has 2 aromatic carbocycles. The van der Waals surface area contributed by atoms with Crippen LogP contribution in [0.15, 0.2) is 60.8 Å². The third-order valence-electron chi connectivity index (χ3n) is 6.50. The number of piperidine rings is 1. The van der Waals surface area contributed by atoms with E-state index in [9.17, 15) is 23.1 Å². The van der Waals surface area contributed by atoms with Gasteiger partial charge in [0.2, 0.25) is 0 Å². The highest BCUT2D eigenvalue weighted by atomic mass is 19.4. The van der Waals surface area contributed by atoms with Crippen molar-refractivity contribution >= 4 is 36.5 Å². The number of anilines is 2. The van der Waals surface area contributed by atoms with Crippen LogP contribution in [0.4, 0.5) is 29.5 Å². The Morgan fingerprint density at radius 1 is 1.16 bits per heavy atom. The van der Waals surface area contributed by atoms with Crippen LogP contribution < -0.4 is 16.1 Å². The number of rotatable bonds is 5. The summed E-state index contributed by atoms with van der Waals surface area (Å²) in [7, 11) is 6.07. The van der Waals surface area contributed by atoms with Crippen molar-refractivity contribution in [3.05, 3.63) is 66.4 Å². The second-order valence-corrected chi connectivity index (χ2v) is 9.22. The molecule has 2 amide bonds. The molecule has 0 bridgehead atoms. The molecule has 1 atom stereocenters. The number of hydrogen-bond acceptors (Lipinski definition) is 5. The van der Waals surface area contributed by atoms with Gasteiger partial charge in [-0.3, -0.25) is 0 Å². The number of urea groups is 1. The average molecular weight is 520 g/mol. The average Bonchev–Trinajstić information content (AvgIpc) is 3.28. The van der Waals surface area contributed by atoms with E-state index in [0.29, 0.717) is 47.8 Å². The Kier molecular flexibility index (Phi) is 6.88. The number of likely N-dealkylation sites (tertiary alicyclic amines) is 1. The van der Waals surface area contributed by atoms with Crippen molar-refractivity contribution in [1.29, 1.82) is 0 Å². The van der Waals surface area contributed by atoms with E-state index in [-0.39, 0.29) is 17.4 Å². The van der Waals surface area contributed by atoms with Gasteiger partial charge < -0.3 is 20.6 Å². The lowest BCUT2D eigenvalue weighted by atomic mass is 9.98. The first-order valence-corrected chi connectivity index (χ1v) is 12.1. The van der Waals surface area contributed by atoms with E-state index in [1.807, 2.05) is 0 Å². The van der Waals surface area contributed by atoms with E-state index >= 15 is 0 Å². The third-order valence-corrected chi connectivity index (χ3v) is 6.50. The van der Waals surface area contributed by atoms with Crippen molar-refractivity contribution in [2.45, 2.75) is 19.0 Å². The second-order valence-electron chi connectivity index (χ2n) is 9.22. The minimum absolute atomic E-state index is 0.0840. The standard InChI is InChI=1S/C26H24BF3N6O2/c27-20-14-32-36-23(12-21(34-24(20)36)19-8-1-2-9-22(19)37)31-13-16-5-4-10-35(15-16)25(38)33-18-7-3-6-17(11-18)26(28,29)30/h1-3,6-9,11-12,14,16,31,37H,4-5,10,13,15H2,(H,33,38). The molecular weight excluding hydrogens is 496 g/mol. The van der Waals surface area contributed by atoms with E-state index in [4.69, 9.17) is 7.85 Å². The van der Waals surface area contributed by atoms with Crippen LogP contribution in [0.3, 0.4) is 0 Å². The van der Waals surface area contributed by atoms with E-state index in [2.05, 4.69) is 20.7 Å². The number of amides is 2. The van der Waals surface area contributed by atoms with E-state index in [0.717, 1.165) is 25.0 Å². The molecule has 1 aliphatic rings. The maximum absolute atomic E-state index is 13.0. The van der Waals surface area contributed by atoms with Crippen LogP contribution in [0.2, 0.25) is 0 Å². The minimum Gasteiger partial charge on any atom is -0.507 e. The molecule has 2 aromatic heterocycles. The maximum atomic E-state index is 13.0. The summed E-state index contributed by atoms with van der Waals surface area (Å²) >= 11 is 0. The Hall–Kier alpha value is -4.22. The summed E-state index contributed by atoms with van der Waals surface area (Å²) < 4.78 is 40.6. The van der Waals surface area contributed by atoms with Crippen LogP contribution in [-0.4, -0.2) is 58.1 Å². The van der Waals surface area contributed by atoms with Crippen molar-refractivity contribution < 1.29 is 23.1 Å². The molecule has 4 aromatic rings. The fraction of sp³-hybridized carbons (Fsp3) is 0.269. The van der Waals surface area contributed by atoms with Crippen molar-refractivity contribution in [2.24, 2.45) is 5.92 Å². The molecular formula is C26H24BF3N6O2. The van der Waals surface area contributed by atoms with Gasteiger partial charge in [0.05, 0.1) is 11.3 Å². The zero-order valence-electron chi connectivity index (χ0n) is 20.2. The molecule has 1 saturated heterocycles. The summed E-state index contributed by atoms with van der Waals surface area (Å²) in [6.45, 7) is 1.44. The quantitative estimate of drug-likeness (QED) is 0.342. The van der Waals surface area contributed by atoms with Gasteiger partial charge in [-0.05, 0) is 54.6 Å². The molecule has 8 nitrogen and oxygen atoms in total. The van der Waals surface area contributed by atoms with Crippen molar-refractivity contribution in [3.8, 4) is 17.0 Å². The van der Waals surface area contributed by atoms with Crippen LogP contribution in [-0.2, 0) is 6.18 Å². The summed E-state index contributed by atoms with van der Waals surface area (Å²) in [5.74, 6) is 0.791. The molecule has 2 radical (unpaired) electrons. The summed E-state index contributed by atoms with van der Waals surface area (Å²) in [4.78, 5) is 19.0. The van der Waals surface area contributed by atoms with Gasteiger partial charge in [0.1, 0.15) is 19.4 Å². The Morgan fingerprint density at radius 2 is 1.97 bits per heavy atom. The predicted molar refractivity (Wildman–Crippen MR) is 139 cm³/mol. The molecule has 12 heteroatoms. The minimum atomic E-state index is -4.49. The van der Waals surface area contributed by atoms with Gasteiger partial charge in [0.15, 0.2) is 5.65 Å². The number of benzene rings is 2. The Balaban J connectivity index is 1.28. The van der Waals surface area contributed by atoms with Crippen LogP contribution in [0.5, 0.6) is 5.75 Å². The van der Waals surface area contributed by atoms with Crippen LogP contribution >= 0.6 is 0 Å². The van der Waals surface area contributed by atoms with E-state index in [1.165, 1.54) is 18.3 Å². The number of halogens is 3. The largest absolute Gasteiger partial charge is 0.507 e. The first-order valence-electron chi connectivity index (χ1n) is 12.1. The number of fused-ring (bicyclic) bond motifs is 1. The summed E-state index contributed by atoms with van der Waals surface area (Å²) in [6, 6.07) is 12.8. The molecule has 194 valence electrons. The highest BCUT2D eigenvalue weighted by molar-refractivity contribution is 6.36. The third kappa shape index (κ3) is 5.39. The summed E-state index contributed by atoms with van der Waals surface area (Å²) in [6.07, 6.45) is -1.36. The van der Waals surface area contributed by atoms with Crippen molar-refractivity contribution in [2.75, 3.05) is 30.3 Å². The van der Waals surface area contributed by atoms with Crippen LogP contribution in [0.1, 0.15) is 18.4 Å². The Bertz CT molecular complexity index is 1480. The van der Waals surface area contributed by atoms with Gasteiger partial charge >= 0.3 is 12.2 Å². The highest BCUT2D eigenvalue weighted by Gasteiger charge is 2.31. The summed E-state index contributed by atoms with van der Waals surface area (Å²) in [5.41, 5.74) is 1.18. The molecule has 0 spiro atoms. The number of nitrogens with zero attached hydrogens (tertiary/aromatic N) is 4. The van der Waals surface area contributed by atoms with Gasteiger partial charge in [-0.2, -0.15) is 22.8 Å². The number of carbonyl (C=O) groups is 1. The number of alkyl halides is 3. The fourth-order valence-corrected chi connectivity index (χ4v) is 4.57. The SMILES string of the molecule is [B]c1cnn2c(NCC3CCCN(C(=O)Nc4cccc(C(F)(F)F)c4)C3)cc(-c3ccccc3O)nc12. The normalized spacial score (nSPS) is 16.0. The zero-order valence-corrected chi connectivity index (χ0v) is 20.2. The first-order chi connectivity index (χ1) is 18.2. The highest BCUT2D eigenvalue weighted by Crippen LogP contribution is 2.31. The lowest BCUT2D eigenvalue weighted by Crippen LogP contribution is -2.44. The van der Waals surface area contributed by atoms with Crippen molar-refractivity contribution in [3.63, 3.8) is 0 Å². The number of phenolic OH excluding ortho intramolecular Hbond substituents is 1. The fourth-order valence-electron chi connectivity index (χ4n) is 4.57. The number of para-hydroxylation sites is 1. The molecule has 5 rings (SSSR count). The first kappa shape index (κ1) is 25.4. The molecule has 0 saturated carbocycles. The zero-order chi connectivity index (χ0) is 26.9. The lowest BCUT2D eigenvalue weighted by Gasteiger charge is -2.33. The van der Waals surface area contributed by atoms with Gasteiger partial charge in [0, 0.05) is 43.1 Å². The molecule has 1 fully saturated rings. The van der Waals surface area contributed by atoms with Crippen LogP contribution in [0, 0.1) is 5.92 Å². The van der Waals surface area contributed by atoms with Gasteiger partial charge in [-0.15, -0.1) is 0 Å². The number of hydrogen-bond donors (Lipinski definition) is 3. The topological polar surface area (TPSA) is 94.8 Å². The molecule has 1 aliphatic heterocycles. The Labute approximate surface area is 217 Å². The summed E-state index contributed by atoms with van der Waals surface area (Å²) in [5, 5.41) is 20.6. The van der Waals surface area contributed by atoms with Crippen molar-refractivity contribution in [1.82, 2.24) is 19.5 Å². The number of carbonyl (C=O) groups excluding carboxylic acids is 1. The number of aromatic hydroxyl groups is 1. The van der Waals surface area contributed by atoms with E-state index in [1.54, 1.807) is 39.7 Å². The monoisotopic (exact) mass is 520 g/mol. The van der Waals surface area contributed by atoms with Crippen LogP contribution in [0.25, 0.3) is 16.9 Å². The number of phenols is 1. The molecule has 3 heterocycles. The predicted octanol–water partition coefficient (Wildman–Crippen LogP) is 4.27. The lowest BCUT2D eigenvalue weighted by molar-refractivity contribution is -0.137.